The van der Waals surface area contributed by atoms with Crippen molar-refractivity contribution >= 4 is 39.8 Å². The molecule has 20 heavy (non-hydrogen) atoms. The van der Waals surface area contributed by atoms with Crippen LogP contribution in [-0.2, 0) is 0 Å². The van der Waals surface area contributed by atoms with Gasteiger partial charge in [-0.05, 0) is 37.1 Å². The van der Waals surface area contributed by atoms with Crippen molar-refractivity contribution in [1.82, 2.24) is 4.98 Å². The fourth-order valence-corrected chi connectivity index (χ4v) is 3.50. The molecule has 4 heteroatoms. The van der Waals surface area contributed by atoms with Crippen LogP contribution in [0.3, 0.4) is 0 Å². The van der Waals surface area contributed by atoms with Crippen LogP contribution in [0.25, 0.3) is 10.9 Å². The Balaban J connectivity index is 2.07. The summed E-state index contributed by atoms with van der Waals surface area (Å²) in [5.41, 5.74) is 2.19. The van der Waals surface area contributed by atoms with E-state index in [1.54, 1.807) is 0 Å². The molecule has 0 aliphatic carbocycles. The zero-order chi connectivity index (χ0) is 13.9. The van der Waals surface area contributed by atoms with E-state index in [0.717, 1.165) is 22.5 Å². The molecule has 0 saturated carbocycles. The minimum atomic E-state index is 0.417. The number of rotatable bonds is 2. The highest BCUT2D eigenvalue weighted by Gasteiger charge is 2.22. The van der Waals surface area contributed by atoms with Crippen molar-refractivity contribution in [3.63, 3.8) is 0 Å². The van der Waals surface area contributed by atoms with Gasteiger partial charge < -0.3 is 4.90 Å². The third kappa shape index (κ3) is 2.72. The number of pyridine rings is 1. The molecule has 0 radical (unpaired) electrons. The number of nitrogens with zero attached hydrogens (tertiary/aromatic N) is 2. The van der Waals surface area contributed by atoms with E-state index in [-0.39, 0.29) is 0 Å². The fraction of sp³-hybridized carbons (Fsp3) is 0.438. The minimum absolute atomic E-state index is 0.417. The molecular formula is C16H18Cl2N2. The van der Waals surface area contributed by atoms with Crippen molar-refractivity contribution in [2.45, 2.75) is 31.7 Å². The average molecular weight is 309 g/mol. The average Bonchev–Trinajstić information content (AvgIpc) is 2.71. The maximum atomic E-state index is 6.20. The second-order valence-electron chi connectivity index (χ2n) is 5.34. The van der Waals surface area contributed by atoms with Gasteiger partial charge in [0.2, 0.25) is 0 Å². The van der Waals surface area contributed by atoms with Gasteiger partial charge in [0.05, 0.1) is 5.52 Å². The van der Waals surface area contributed by atoms with Gasteiger partial charge in [-0.15, -0.1) is 11.6 Å². The number of aromatic nitrogens is 1. The van der Waals surface area contributed by atoms with Crippen LogP contribution in [0.4, 0.5) is 5.69 Å². The minimum Gasteiger partial charge on any atom is -0.367 e. The summed E-state index contributed by atoms with van der Waals surface area (Å²) in [4.78, 5) is 6.88. The monoisotopic (exact) mass is 308 g/mol. The molecule has 106 valence electrons. The van der Waals surface area contributed by atoms with Crippen molar-refractivity contribution in [2.24, 2.45) is 0 Å². The Labute approximate surface area is 129 Å². The molecule has 2 heterocycles. The van der Waals surface area contributed by atoms with Gasteiger partial charge in [0, 0.05) is 40.8 Å². The molecule has 1 aromatic carbocycles. The Morgan fingerprint density at radius 3 is 2.95 bits per heavy atom. The van der Waals surface area contributed by atoms with Crippen LogP contribution in [0.1, 0.15) is 25.7 Å². The highest BCUT2D eigenvalue weighted by Crippen LogP contribution is 2.31. The summed E-state index contributed by atoms with van der Waals surface area (Å²) in [6, 6.07) is 8.44. The number of benzene rings is 1. The highest BCUT2D eigenvalue weighted by molar-refractivity contribution is 6.31. The molecular weight excluding hydrogens is 291 g/mol. The lowest BCUT2D eigenvalue weighted by molar-refractivity contribution is 0.622. The van der Waals surface area contributed by atoms with E-state index in [0.29, 0.717) is 11.9 Å². The number of fused-ring (bicyclic) bond motifs is 1. The van der Waals surface area contributed by atoms with Gasteiger partial charge in [-0.25, -0.2) is 0 Å². The number of halogens is 2. The Kier molecular flexibility index (Phi) is 4.32. The lowest BCUT2D eigenvalue weighted by Crippen LogP contribution is -2.36. The van der Waals surface area contributed by atoms with Crippen molar-refractivity contribution < 1.29 is 0 Å². The summed E-state index contributed by atoms with van der Waals surface area (Å²) in [5.74, 6) is 0.678. The van der Waals surface area contributed by atoms with Gasteiger partial charge in [0.15, 0.2) is 0 Å². The van der Waals surface area contributed by atoms with Gasteiger partial charge in [-0.3, -0.25) is 4.98 Å². The molecule has 2 nitrogen and oxygen atoms in total. The van der Waals surface area contributed by atoms with E-state index in [4.69, 9.17) is 23.2 Å². The molecule has 3 rings (SSSR count). The number of anilines is 1. The van der Waals surface area contributed by atoms with Crippen molar-refractivity contribution in [2.75, 3.05) is 17.3 Å². The zero-order valence-corrected chi connectivity index (χ0v) is 12.9. The maximum Gasteiger partial charge on any atom is 0.0737 e. The molecule has 1 aromatic heterocycles. The maximum absolute atomic E-state index is 6.20. The summed E-state index contributed by atoms with van der Waals surface area (Å²) in [5, 5.41) is 1.89. The Bertz CT molecular complexity index is 600. The van der Waals surface area contributed by atoms with Crippen molar-refractivity contribution in [3.8, 4) is 0 Å². The molecule has 0 amide bonds. The van der Waals surface area contributed by atoms with Crippen LogP contribution in [0, 0.1) is 0 Å². The second kappa shape index (κ2) is 6.19. The standard InChI is InChI=1S/C16H18Cl2N2/c17-11-13-4-2-1-3-9-20(13)16-7-8-19-15-10-12(18)5-6-14(15)16/h5-8,10,13H,1-4,9,11H2. The molecule has 0 N–H and O–H groups in total. The molecule has 1 fully saturated rings. The van der Waals surface area contributed by atoms with Crippen molar-refractivity contribution in [1.29, 1.82) is 0 Å². The van der Waals surface area contributed by atoms with Crippen LogP contribution < -0.4 is 4.90 Å². The molecule has 1 aliphatic rings. The summed E-state index contributed by atoms with van der Waals surface area (Å²) in [6.45, 7) is 1.07. The van der Waals surface area contributed by atoms with E-state index in [9.17, 15) is 0 Å². The number of alkyl halides is 1. The first-order chi connectivity index (χ1) is 9.79. The van der Waals surface area contributed by atoms with Gasteiger partial charge in [0.1, 0.15) is 0 Å². The van der Waals surface area contributed by atoms with E-state index < -0.39 is 0 Å². The summed E-state index contributed by atoms with van der Waals surface area (Å²) in [6.07, 6.45) is 6.82. The predicted molar refractivity (Wildman–Crippen MR) is 87.1 cm³/mol. The Morgan fingerprint density at radius 1 is 1.20 bits per heavy atom. The van der Waals surface area contributed by atoms with Gasteiger partial charge >= 0.3 is 0 Å². The lowest BCUT2D eigenvalue weighted by atomic mass is 10.1. The van der Waals surface area contributed by atoms with E-state index in [2.05, 4.69) is 22.0 Å². The summed E-state index contributed by atoms with van der Waals surface area (Å²) in [7, 11) is 0. The zero-order valence-electron chi connectivity index (χ0n) is 11.4. The van der Waals surface area contributed by atoms with Crippen LogP contribution in [0.15, 0.2) is 30.5 Å². The van der Waals surface area contributed by atoms with E-state index in [1.165, 1.54) is 31.4 Å². The predicted octanol–water partition coefficient (Wildman–Crippen LogP) is 4.88. The van der Waals surface area contributed by atoms with Crippen LogP contribution in [0.2, 0.25) is 5.02 Å². The largest absolute Gasteiger partial charge is 0.367 e. The smallest absolute Gasteiger partial charge is 0.0737 e. The number of hydrogen-bond donors (Lipinski definition) is 0. The van der Waals surface area contributed by atoms with Gasteiger partial charge in [-0.1, -0.05) is 24.4 Å². The quantitative estimate of drug-likeness (QED) is 0.735. The Morgan fingerprint density at radius 2 is 2.10 bits per heavy atom. The second-order valence-corrected chi connectivity index (χ2v) is 6.09. The third-order valence-corrected chi connectivity index (χ3v) is 4.64. The van der Waals surface area contributed by atoms with Gasteiger partial charge in [0.25, 0.3) is 0 Å². The van der Waals surface area contributed by atoms with Crippen molar-refractivity contribution in [3.05, 3.63) is 35.5 Å². The Hall–Kier alpha value is -0.990. The van der Waals surface area contributed by atoms with Crippen LogP contribution >= 0.6 is 23.2 Å². The van der Waals surface area contributed by atoms with Crippen LogP contribution in [0.5, 0.6) is 0 Å². The van der Waals surface area contributed by atoms with Gasteiger partial charge in [-0.2, -0.15) is 0 Å². The number of hydrogen-bond acceptors (Lipinski definition) is 2. The fourth-order valence-electron chi connectivity index (χ4n) is 3.01. The molecule has 1 aliphatic heterocycles. The molecule has 0 spiro atoms. The molecule has 2 aromatic rings. The lowest BCUT2D eigenvalue weighted by Gasteiger charge is -2.31. The summed E-state index contributed by atoms with van der Waals surface area (Å²) < 4.78 is 0. The first-order valence-electron chi connectivity index (χ1n) is 7.16. The van der Waals surface area contributed by atoms with Crippen LogP contribution in [-0.4, -0.2) is 23.5 Å². The molecule has 1 unspecified atom stereocenters. The first-order valence-corrected chi connectivity index (χ1v) is 8.08. The summed E-state index contributed by atoms with van der Waals surface area (Å²) >= 11 is 12.3. The van der Waals surface area contributed by atoms with E-state index in [1.807, 2.05) is 18.3 Å². The topological polar surface area (TPSA) is 16.1 Å². The SMILES string of the molecule is ClCC1CCCCCN1c1ccnc2cc(Cl)ccc12. The molecule has 1 saturated heterocycles. The normalized spacial score (nSPS) is 20.1. The third-order valence-electron chi connectivity index (χ3n) is 4.05. The van der Waals surface area contributed by atoms with E-state index >= 15 is 0 Å². The molecule has 1 atom stereocenters. The highest BCUT2D eigenvalue weighted by atomic mass is 35.5. The molecule has 0 bridgehead atoms. The first kappa shape index (κ1) is 14.0.